The lowest BCUT2D eigenvalue weighted by Crippen LogP contribution is -2.50. The summed E-state index contributed by atoms with van der Waals surface area (Å²) in [4.78, 5) is 22.4. The van der Waals surface area contributed by atoms with Crippen molar-refractivity contribution in [2.24, 2.45) is 0 Å². The van der Waals surface area contributed by atoms with Crippen LogP contribution in [0.4, 0.5) is 0 Å². The molecule has 0 saturated carbocycles. The monoisotopic (exact) mass is 336 g/mol. The molecule has 0 atom stereocenters. The zero-order valence-corrected chi connectivity index (χ0v) is 13.4. The van der Waals surface area contributed by atoms with Gasteiger partial charge in [-0.15, -0.1) is 0 Å². The van der Waals surface area contributed by atoms with Crippen LogP contribution in [-0.2, 0) is 4.79 Å². The molecule has 0 aliphatic carbocycles. The zero-order chi connectivity index (χ0) is 17.1. The van der Waals surface area contributed by atoms with Gasteiger partial charge in [0, 0.05) is 19.3 Å². The topological polar surface area (TPSA) is 81.4 Å². The normalized spacial score (nSPS) is 14.2. The molecule has 0 unspecified atom stereocenters. The van der Waals surface area contributed by atoms with Crippen LogP contribution in [0.3, 0.4) is 0 Å². The number of rotatable bonds is 5. The molecular weight excluding hydrogens is 320 g/mol. The van der Waals surface area contributed by atoms with E-state index in [2.05, 4.69) is 15.1 Å². The fourth-order valence-corrected chi connectivity index (χ4v) is 2.59. The van der Waals surface area contributed by atoms with Crippen LogP contribution in [0.2, 0.25) is 0 Å². The molecule has 1 aromatic carbocycles. The van der Waals surface area contributed by atoms with Crippen LogP contribution in [0.15, 0.2) is 59.3 Å². The number of hydrogen-bond acceptors (Lipinski definition) is 6. The zero-order valence-electron chi connectivity index (χ0n) is 13.4. The fourth-order valence-electron chi connectivity index (χ4n) is 2.59. The Bertz CT molecular complexity index is 845. The third-order valence-electron chi connectivity index (χ3n) is 4.02. The molecular formula is C18H16N4O3. The van der Waals surface area contributed by atoms with E-state index in [1.807, 2.05) is 48.5 Å². The van der Waals surface area contributed by atoms with E-state index in [1.165, 1.54) is 0 Å². The Morgan fingerprint density at radius 3 is 2.72 bits per heavy atom. The number of carbonyl (C=O) groups is 1. The number of carbonyl (C=O) groups excluding carboxylic acids is 1. The first kappa shape index (κ1) is 15.3. The van der Waals surface area contributed by atoms with Gasteiger partial charge in [0.25, 0.3) is 5.91 Å². The molecule has 1 amide bonds. The summed E-state index contributed by atoms with van der Waals surface area (Å²) in [6, 6.07) is 14.8. The quantitative estimate of drug-likeness (QED) is 0.710. The molecule has 25 heavy (non-hydrogen) atoms. The van der Waals surface area contributed by atoms with E-state index in [9.17, 15) is 4.79 Å². The summed E-state index contributed by atoms with van der Waals surface area (Å²) in [5, 5.41) is 3.96. The summed E-state index contributed by atoms with van der Waals surface area (Å²) in [7, 11) is 0. The molecule has 1 aliphatic rings. The van der Waals surface area contributed by atoms with Crippen LogP contribution in [0.1, 0.15) is 11.8 Å². The number of likely N-dealkylation sites (tertiary alicyclic amines) is 1. The van der Waals surface area contributed by atoms with Crippen molar-refractivity contribution in [3.63, 3.8) is 0 Å². The van der Waals surface area contributed by atoms with Crippen molar-refractivity contribution in [1.82, 2.24) is 20.0 Å². The van der Waals surface area contributed by atoms with E-state index in [-0.39, 0.29) is 18.4 Å². The van der Waals surface area contributed by atoms with Gasteiger partial charge in [0.1, 0.15) is 11.4 Å². The minimum atomic E-state index is -0.0513. The smallest absolute Gasteiger partial charge is 0.260 e. The maximum Gasteiger partial charge on any atom is 0.260 e. The Kier molecular flexibility index (Phi) is 4.12. The SMILES string of the molecule is O=C(COc1ccccc1)N1CC(c2nc(-c3ccccn3)no2)C1. The number of nitrogens with zero attached hydrogens (tertiary/aromatic N) is 4. The Hall–Kier alpha value is -3.22. The number of amides is 1. The third kappa shape index (κ3) is 3.35. The predicted molar refractivity (Wildman–Crippen MR) is 88.8 cm³/mol. The molecule has 0 bridgehead atoms. The van der Waals surface area contributed by atoms with Crippen molar-refractivity contribution in [2.45, 2.75) is 5.92 Å². The number of para-hydroxylation sites is 1. The van der Waals surface area contributed by atoms with Crippen LogP contribution < -0.4 is 4.74 Å². The summed E-state index contributed by atoms with van der Waals surface area (Å²) < 4.78 is 10.8. The fraction of sp³-hybridized carbons (Fsp3) is 0.222. The molecule has 0 spiro atoms. The highest BCUT2D eigenvalue weighted by atomic mass is 16.5. The van der Waals surface area contributed by atoms with Crippen LogP contribution in [0, 0.1) is 0 Å². The van der Waals surface area contributed by atoms with Crippen molar-refractivity contribution < 1.29 is 14.1 Å². The molecule has 0 radical (unpaired) electrons. The number of aromatic nitrogens is 3. The average molecular weight is 336 g/mol. The van der Waals surface area contributed by atoms with Crippen LogP contribution >= 0.6 is 0 Å². The molecule has 126 valence electrons. The minimum absolute atomic E-state index is 0.0275. The highest BCUT2D eigenvalue weighted by Crippen LogP contribution is 2.27. The van der Waals surface area contributed by atoms with Gasteiger partial charge in [0.15, 0.2) is 6.61 Å². The number of benzene rings is 1. The third-order valence-corrected chi connectivity index (χ3v) is 4.02. The number of pyridine rings is 1. The Morgan fingerprint density at radius 2 is 1.96 bits per heavy atom. The van der Waals surface area contributed by atoms with Gasteiger partial charge in [-0.3, -0.25) is 9.78 Å². The van der Waals surface area contributed by atoms with Crippen molar-refractivity contribution >= 4 is 5.91 Å². The summed E-state index contributed by atoms with van der Waals surface area (Å²) >= 11 is 0. The lowest BCUT2D eigenvalue weighted by Gasteiger charge is -2.36. The van der Waals surface area contributed by atoms with Gasteiger partial charge in [-0.05, 0) is 24.3 Å². The van der Waals surface area contributed by atoms with Crippen molar-refractivity contribution in [3.05, 3.63) is 60.6 Å². The second kappa shape index (κ2) is 6.72. The lowest BCUT2D eigenvalue weighted by atomic mass is 10.0. The first-order valence-electron chi connectivity index (χ1n) is 8.00. The standard InChI is InChI=1S/C18H16N4O3/c23-16(12-24-14-6-2-1-3-7-14)22-10-13(11-22)18-20-17(21-25-18)15-8-4-5-9-19-15/h1-9,13H,10-12H2. The Morgan fingerprint density at radius 1 is 1.16 bits per heavy atom. The predicted octanol–water partition coefficient (Wildman–Crippen LogP) is 2.14. The van der Waals surface area contributed by atoms with E-state index < -0.39 is 0 Å². The van der Waals surface area contributed by atoms with E-state index in [0.29, 0.717) is 36.2 Å². The van der Waals surface area contributed by atoms with Gasteiger partial charge in [0.05, 0.1) is 5.92 Å². The molecule has 3 heterocycles. The average Bonchev–Trinajstić information content (AvgIpc) is 3.10. The molecule has 1 saturated heterocycles. The molecule has 7 heteroatoms. The van der Waals surface area contributed by atoms with E-state index in [4.69, 9.17) is 9.26 Å². The first-order valence-corrected chi connectivity index (χ1v) is 8.00. The highest BCUT2D eigenvalue weighted by molar-refractivity contribution is 5.78. The molecule has 2 aromatic heterocycles. The Labute approximate surface area is 144 Å². The number of ether oxygens (including phenoxy) is 1. The van der Waals surface area contributed by atoms with Gasteiger partial charge in [-0.25, -0.2) is 0 Å². The van der Waals surface area contributed by atoms with Crippen molar-refractivity contribution in [3.8, 4) is 17.3 Å². The van der Waals surface area contributed by atoms with Gasteiger partial charge in [0.2, 0.25) is 11.7 Å². The molecule has 1 fully saturated rings. The summed E-state index contributed by atoms with van der Waals surface area (Å²) in [5.41, 5.74) is 0.668. The van der Waals surface area contributed by atoms with Crippen LogP contribution in [0.5, 0.6) is 5.75 Å². The highest BCUT2D eigenvalue weighted by Gasteiger charge is 2.35. The van der Waals surface area contributed by atoms with Gasteiger partial charge < -0.3 is 14.2 Å². The minimum Gasteiger partial charge on any atom is -0.484 e. The Balaban J connectivity index is 1.30. The van der Waals surface area contributed by atoms with Gasteiger partial charge in [-0.1, -0.05) is 29.4 Å². The van der Waals surface area contributed by atoms with E-state index in [0.717, 1.165) is 0 Å². The summed E-state index contributed by atoms with van der Waals surface area (Å²) in [6.07, 6.45) is 1.68. The van der Waals surface area contributed by atoms with E-state index >= 15 is 0 Å². The van der Waals surface area contributed by atoms with Gasteiger partial charge in [-0.2, -0.15) is 4.98 Å². The molecule has 7 nitrogen and oxygen atoms in total. The number of hydrogen-bond donors (Lipinski definition) is 0. The first-order chi connectivity index (χ1) is 12.3. The lowest BCUT2D eigenvalue weighted by molar-refractivity contribution is -0.138. The largest absolute Gasteiger partial charge is 0.484 e. The maximum absolute atomic E-state index is 12.1. The van der Waals surface area contributed by atoms with Crippen LogP contribution in [0.25, 0.3) is 11.5 Å². The van der Waals surface area contributed by atoms with E-state index in [1.54, 1.807) is 11.1 Å². The maximum atomic E-state index is 12.1. The molecule has 4 rings (SSSR count). The van der Waals surface area contributed by atoms with Gasteiger partial charge >= 0.3 is 0 Å². The van der Waals surface area contributed by atoms with Crippen molar-refractivity contribution in [1.29, 1.82) is 0 Å². The summed E-state index contributed by atoms with van der Waals surface area (Å²) in [5.74, 6) is 1.70. The second-order valence-electron chi connectivity index (χ2n) is 5.77. The molecule has 1 aliphatic heterocycles. The van der Waals surface area contributed by atoms with Crippen LogP contribution in [-0.4, -0.2) is 45.6 Å². The summed E-state index contributed by atoms with van der Waals surface area (Å²) in [6.45, 7) is 1.14. The van der Waals surface area contributed by atoms with Crippen molar-refractivity contribution in [2.75, 3.05) is 19.7 Å². The second-order valence-corrected chi connectivity index (χ2v) is 5.77. The molecule has 0 N–H and O–H groups in total. The molecule has 3 aromatic rings.